The molecular weight excluding hydrogens is 282 g/mol. The molecule has 3 N–H and O–H groups in total. The maximum Gasteiger partial charge on any atom is 0.261 e. The summed E-state index contributed by atoms with van der Waals surface area (Å²) in [6, 6.07) is 19.2. The van der Waals surface area contributed by atoms with Crippen LogP contribution in [0.25, 0.3) is 11.3 Å². The third-order valence-corrected chi connectivity index (χ3v) is 3.91. The lowest BCUT2D eigenvalue weighted by molar-refractivity contribution is 0.100. The highest BCUT2D eigenvalue weighted by molar-refractivity contribution is 7.18. The SMILES string of the molecule is NC(=O)c1sc(Nc2ccccc2)nc1-c1ccccc1. The first-order valence-corrected chi connectivity index (χ1v) is 7.24. The molecule has 0 spiro atoms. The zero-order valence-electron chi connectivity index (χ0n) is 11.1. The minimum atomic E-state index is -0.465. The number of amides is 1. The van der Waals surface area contributed by atoms with E-state index >= 15 is 0 Å². The van der Waals surface area contributed by atoms with Crippen molar-refractivity contribution in [2.24, 2.45) is 5.73 Å². The van der Waals surface area contributed by atoms with Crippen LogP contribution in [0.15, 0.2) is 60.7 Å². The highest BCUT2D eigenvalue weighted by Crippen LogP contribution is 2.32. The van der Waals surface area contributed by atoms with Crippen LogP contribution in [0.4, 0.5) is 10.8 Å². The van der Waals surface area contributed by atoms with Crippen molar-refractivity contribution in [3.8, 4) is 11.3 Å². The Labute approximate surface area is 126 Å². The molecule has 0 fully saturated rings. The van der Waals surface area contributed by atoms with Gasteiger partial charge in [0, 0.05) is 11.3 Å². The lowest BCUT2D eigenvalue weighted by Crippen LogP contribution is -2.10. The molecule has 0 radical (unpaired) electrons. The van der Waals surface area contributed by atoms with E-state index in [1.54, 1.807) is 0 Å². The maximum absolute atomic E-state index is 11.6. The Morgan fingerprint density at radius 2 is 1.62 bits per heavy atom. The van der Waals surface area contributed by atoms with Gasteiger partial charge >= 0.3 is 0 Å². The van der Waals surface area contributed by atoms with E-state index in [2.05, 4.69) is 10.3 Å². The molecule has 0 aliphatic carbocycles. The van der Waals surface area contributed by atoms with Crippen LogP contribution in [0.2, 0.25) is 0 Å². The number of thiazole rings is 1. The zero-order valence-corrected chi connectivity index (χ0v) is 11.9. The number of nitrogens with zero attached hydrogens (tertiary/aromatic N) is 1. The highest BCUT2D eigenvalue weighted by atomic mass is 32.1. The van der Waals surface area contributed by atoms with Crippen molar-refractivity contribution in [2.75, 3.05) is 5.32 Å². The van der Waals surface area contributed by atoms with Crippen LogP contribution in [0.3, 0.4) is 0 Å². The second kappa shape index (κ2) is 5.76. The zero-order chi connectivity index (χ0) is 14.7. The lowest BCUT2D eigenvalue weighted by atomic mass is 10.1. The molecule has 0 atom stereocenters. The molecule has 0 aliphatic rings. The topological polar surface area (TPSA) is 68.0 Å². The largest absolute Gasteiger partial charge is 0.365 e. The predicted octanol–water partition coefficient (Wildman–Crippen LogP) is 3.65. The molecular formula is C16H13N3OS. The number of para-hydroxylation sites is 1. The summed E-state index contributed by atoms with van der Waals surface area (Å²) in [7, 11) is 0. The van der Waals surface area contributed by atoms with Crippen LogP contribution >= 0.6 is 11.3 Å². The molecule has 5 heteroatoms. The number of rotatable bonds is 4. The summed E-state index contributed by atoms with van der Waals surface area (Å²) in [5.74, 6) is -0.465. The maximum atomic E-state index is 11.6. The monoisotopic (exact) mass is 295 g/mol. The van der Waals surface area contributed by atoms with E-state index in [-0.39, 0.29) is 0 Å². The molecule has 104 valence electrons. The molecule has 2 aromatic carbocycles. The number of nitrogens with two attached hydrogens (primary N) is 1. The van der Waals surface area contributed by atoms with Crippen molar-refractivity contribution >= 4 is 28.1 Å². The first kappa shape index (κ1) is 13.3. The van der Waals surface area contributed by atoms with Crippen molar-refractivity contribution in [3.63, 3.8) is 0 Å². The van der Waals surface area contributed by atoms with Gasteiger partial charge in [0.25, 0.3) is 5.91 Å². The normalized spacial score (nSPS) is 10.3. The fraction of sp³-hybridized carbons (Fsp3) is 0. The number of aromatic nitrogens is 1. The van der Waals surface area contributed by atoms with Gasteiger partial charge in [-0.15, -0.1) is 0 Å². The van der Waals surface area contributed by atoms with Gasteiger partial charge in [-0.1, -0.05) is 59.9 Å². The standard InChI is InChI=1S/C16H13N3OS/c17-15(20)14-13(11-7-3-1-4-8-11)19-16(21-14)18-12-9-5-2-6-10-12/h1-10H,(H2,17,20)(H,18,19). The van der Waals surface area contributed by atoms with Gasteiger partial charge in [-0.3, -0.25) is 4.79 Å². The van der Waals surface area contributed by atoms with E-state index < -0.39 is 5.91 Å². The molecule has 1 amide bonds. The third kappa shape index (κ3) is 2.93. The van der Waals surface area contributed by atoms with Crippen LogP contribution in [0.5, 0.6) is 0 Å². The Balaban J connectivity index is 1.99. The van der Waals surface area contributed by atoms with E-state index in [1.807, 2.05) is 60.7 Å². The lowest BCUT2D eigenvalue weighted by Gasteiger charge is -2.00. The van der Waals surface area contributed by atoms with Gasteiger partial charge < -0.3 is 11.1 Å². The van der Waals surface area contributed by atoms with Gasteiger partial charge in [0.1, 0.15) is 4.88 Å². The average Bonchev–Trinajstić information content (AvgIpc) is 2.93. The van der Waals surface area contributed by atoms with Crippen LogP contribution in [0.1, 0.15) is 9.67 Å². The molecule has 0 aliphatic heterocycles. The van der Waals surface area contributed by atoms with Crippen molar-refractivity contribution < 1.29 is 4.79 Å². The molecule has 0 unspecified atom stereocenters. The van der Waals surface area contributed by atoms with Gasteiger partial charge in [0.2, 0.25) is 0 Å². The Kier molecular flexibility index (Phi) is 3.66. The fourth-order valence-corrected chi connectivity index (χ4v) is 2.84. The Morgan fingerprint density at radius 3 is 2.24 bits per heavy atom. The number of hydrogen-bond donors (Lipinski definition) is 2. The summed E-state index contributed by atoms with van der Waals surface area (Å²) in [4.78, 5) is 16.6. The molecule has 0 bridgehead atoms. The van der Waals surface area contributed by atoms with Crippen molar-refractivity contribution in [1.29, 1.82) is 0 Å². The Hall–Kier alpha value is -2.66. The van der Waals surface area contributed by atoms with Crippen LogP contribution in [0, 0.1) is 0 Å². The number of nitrogens with one attached hydrogen (secondary N) is 1. The number of primary amides is 1. The third-order valence-electron chi connectivity index (χ3n) is 2.92. The minimum Gasteiger partial charge on any atom is -0.365 e. The van der Waals surface area contributed by atoms with Gasteiger partial charge in [-0.25, -0.2) is 4.98 Å². The molecule has 0 saturated carbocycles. The molecule has 1 heterocycles. The van der Waals surface area contributed by atoms with Gasteiger partial charge in [-0.2, -0.15) is 0 Å². The quantitative estimate of drug-likeness (QED) is 0.772. The summed E-state index contributed by atoms with van der Waals surface area (Å²) in [5.41, 5.74) is 7.88. The first-order valence-electron chi connectivity index (χ1n) is 6.42. The molecule has 3 aromatic rings. The van der Waals surface area contributed by atoms with Gasteiger partial charge in [-0.05, 0) is 12.1 Å². The van der Waals surface area contributed by atoms with E-state index in [0.29, 0.717) is 15.7 Å². The Bertz CT molecular complexity index is 754. The summed E-state index contributed by atoms with van der Waals surface area (Å²) in [5, 5.41) is 3.84. The highest BCUT2D eigenvalue weighted by Gasteiger charge is 2.17. The number of carbonyl (C=O) groups is 1. The number of benzene rings is 2. The van der Waals surface area contributed by atoms with Gasteiger partial charge in [0.15, 0.2) is 5.13 Å². The summed E-state index contributed by atoms with van der Waals surface area (Å²) in [6.07, 6.45) is 0. The fourth-order valence-electron chi connectivity index (χ4n) is 1.98. The summed E-state index contributed by atoms with van der Waals surface area (Å²) in [6.45, 7) is 0. The molecule has 4 nitrogen and oxygen atoms in total. The molecule has 0 saturated heterocycles. The number of anilines is 2. The van der Waals surface area contributed by atoms with Crippen LogP contribution in [-0.2, 0) is 0 Å². The second-order valence-electron chi connectivity index (χ2n) is 4.42. The van der Waals surface area contributed by atoms with E-state index in [9.17, 15) is 4.79 Å². The second-order valence-corrected chi connectivity index (χ2v) is 5.42. The molecule has 3 rings (SSSR count). The average molecular weight is 295 g/mol. The van der Waals surface area contributed by atoms with Crippen molar-refractivity contribution in [2.45, 2.75) is 0 Å². The van der Waals surface area contributed by atoms with E-state index in [1.165, 1.54) is 11.3 Å². The van der Waals surface area contributed by atoms with E-state index in [0.717, 1.165) is 11.3 Å². The van der Waals surface area contributed by atoms with Crippen LogP contribution in [-0.4, -0.2) is 10.9 Å². The van der Waals surface area contributed by atoms with Crippen LogP contribution < -0.4 is 11.1 Å². The first-order chi connectivity index (χ1) is 10.2. The van der Waals surface area contributed by atoms with E-state index in [4.69, 9.17) is 5.73 Å². The predicted molar refractivity (Wildman–Crippen MR) is 85.8 cm³/mol. The summed E-state index contributed by atoms with van der Waals surface area (Å²) < 4.78 is 0. The molecule has 21 heavy (non-hydrogen) atoms. The van der Waals surface area contributed by atoms with Gasteiger partial charge in [0.05, 0.1) is 5.69 Å². The molecule has 1 aromatic heterocycles. The van der Waals surface area contributed by atoms with Crippen molar-refractivity contribution in [1.82, 2.24) is 4.98 Å². The smallest absolute Gasteiger partial charge is 0.261 e. The van der Waals surface area contributed by atoms with Crippen molar-refractivity contribution in [3.05, 3.63) is 65.5 Å². The number of hydrogen-bond acceptors (Lipinski definition) is 4. The number of carbonyl (C=O) groups excluding carboxylic acids is 1. The minimum absolute atomic E-state index is 0.458. The Morgan fingerprint density at radius 1 is 1.00 bits per heavy atom. The summed E-state index contributed by atoms with van der Waals surface area (Å²) >= 11 is 1.26.